The van der Waals surface area contributed by atoms with Crippen molar-refractivity contribution in [3.8, 4) is 0 Å². The first-order chi connectivity index (χ1) is 28.2. The molecule has 0 aromatic rings. The highest BCUT2D eigenvalue weighted by Gasteiger charge is 2.23. The molecule has 0 aromatic carbocycles. The van der Waals surface area contributed by atoms with Crippen LogP contribution in [-0.4, -0.2) is 41.0 Å². The molecule has 0 radical (unpaired) electrons. The summed E-state index contributed by atoms with van der Waals surface area (Å²) in [6, 6.07) is 0. The fourth-order valence-corrected chi connectivity index (χ4v) is 8.13. The molecule has 0 fully saturated rings. The second-order valence-electron chi connectivity index (χ2n) is 17.8. The van der Waals surface area contributed by atoms with Gasteiger partial charge in [-0.25, -0.2) is 4.57 Å². The number of ether oxygens (including phenoxy) is 2. The molecule has 346 valence electrons. The first-order valence-electron chi connectivity index (χ1n) is 25.2. The molecule has 8 nitrogen and oxygen atoms in total. The lowest BCUT2D eigenvalue weighted by Gasteiger charge is -2.18. The molecule has 0 aliphatic heterocycles. The van der Waals surface area contributed by atoms with Crippen LogP contribution in [0.2, 0.25) is 0 Å². The predicted octanol–water partition coefficient (Wildman–Crippen LogP) is 15.8. The maximum Gasteiger partial charge on any atom is 0.469 e. The number of unbranched alkanes of at least 4 members (excludes halogenated alkanes) is 34. The highest BCUT2D eigenvalue weighted by Crippen LogP contribution is 2.36. The lowest BCUT2D eigenvalue weighted by Crippen LogP contribution is -2.29. The lowest BCUT2D eigenvalue weighted by molar-refractivity contribution is -0.161. The van der Waals surface area contributed by atoms with Gasteiger partial charge in [0, 0.05) is 12.8 Å². The summed E-state index contributed by atoms with van der Waals surface area (Å²) in [6.45, 7) is 6.14. The highest BCUT2D eigenvalue weighted by atomic mass is 31.2. The zero-order chi connectivity index (χ0) is 42.6. The summed E-state index contributed by atoms with van der Waals surface area (Å²) in [5, 5.41) is 0. The number of carbonyl (C=O) groups excluding carboxylic acids is 2. The summed E-state index contributed by atoms with van der Waals surface area (Å²) < 4.78 is 26.5. The Labute approximate surface area is 359 Å². The highest BCUT2D eigenvalue weighted by molar-refractivity contribution is 7.46. The summed E-state index contributed by atoms with van der Waals surface area (Å²) in [4.78, 5) is 43.1. The van der Waals surface area contributed by atoms with Crippen molar-refractivity contribution in [3.63, 3.8) is 0 Å². The molecule has 0 heterocycles. The van der Waals surface area contributed by atoms with Crippen LogP contribution in [-0.2, 0) is 28.2 Å². The van der Waals surface area contributed by atoms with E-state index in [4.69, 9.17) is 19.3 Å². The van der Waals surface area contributed by atoms with E-state index in [2.05, 4.69) is 25.3 Å². The zero-order valence-corrected chi connectivity index (χ0v) is 39.5. The second-order valence-corrected chi connectivity index (χ2v) is 19.0. The number of phosphoric acid groups is 1. The molecule has 0 spiro atoms. The van der Waals surface area contributed by atoms with Gasteiger partial charge in [0.1, 0.15) is 6.61 Å². The van der Waals surface area contributed by atoms with Gasteiger partial charge < -0.3 is 19.3 Å². The normalized spacial score (nSPS) is 12.8. The monoisotopic (exact) mass is 845 g/mol. The molecule has 9 heteroatoms. The van der Waals surface area contributed by atoms with Crippen molar-refractivity contribution in [2.45, 2.75) is 284 Å². The SMILES string of the molecule is CCCCCCCCCCCCCCCCCCCCC(=O)O[C@H](COC(=O)CCCCCCCCCCCCCCCCCCCCC(C)CC)COP(=O)(O)O. The van der Waals surface area contributed by atoms with Crippen LogP contribution >= 0.6 is 7.82 Å². The number of esters is 2. The second kappa shape index (κ2) is 44.1. The minimum absolute atomic E-state index is 0.220. The third kappa shape index (κ3) is 46.1. The zero-order valence-electron chi connectivity index (χ0n) is 38.6. The number of hydrogen-bond donors (Lipinski definition) is 2. The fourth-order valence-electron chi connectivity index (χ4n) is 7.76. The predicted molar refractivity (Wildman–Crippen MR) is 244 cm³/mol. The Bertz CT molecular complexity index is 924. The number of rotatable bonds is 47. The maximum atomic E-state index is 12.5. The minimum Gasteiger partial charge on any atom is -0.462 e. The standard InChI is InChI=1S/C49H97O8P/c1-4-6-7-8-9-10-11-12-13-14-18-22-25-28-31-34-37-40-43-49(51)57-47(45-56-58(52,53)54)44-55-48(50)42-39-36-33-30-27-24-21-19-16-15-17-20-23-26-29-32-35-38-41-46(3)5-2/h46-47H,4-45H2,1-3H3,(H2,52,53,54)/t46?,47-/m1/s1. The molecule has 1 unspecified atom stereocenters. The Hall–Kier alpha value is -0.950. The minimum atomic E-state index is -4.75. The van der Waals surface area contributed by atoms with Gasteiger partial charge in [0.2, 0.25) is 0 Å². The van der Waals surface area contributed by atoms with E-state index in [1.54, 1.807) is 0 Å². The average molecular weight is 845 g/mol. The van der Waals surface area contributed by atoms with Gasteiger partial charge in [-0.3, -0.25) is 14.1 Å². The van der Waals surface area contributed by atoms with Gasteiger partial charge in [0.25, 0.3) is 0 Å². The van der Waals surface area contributed by atoms with Crippen LogP contribution in [0.1, 0.15) is 278 Å². The summed E-state index contributed by atoms with van der Waals surface area (Å²) in [5.41, 5.74) is 0. The molecule has 0 bridgehead atoms. The molecule has 58 heavy (non-hydrogen) atoms. The van der Waals surface area contributed by atoms with E-state index in [0.717, 1.165) is 38.0 Å². The summed E-state index contributed by atoms with van der Waals surface area (Å²) in [7, 11) is -4.75. The van der Waals surface area contributed by atoms with Gasteiger partial charge in [-0.15, -0.1) is 0 Å². The van der Waals surface area contributed by atoms with Crippen molar-refractivity contribution >= 4 is 19.8 Å². The van der Waals surface area contributed by atoms with Gasteiger partial charge in [-0.05, 0) is 18.8 Å². The van der Waals surface area contributed by atoms with Crippen LogP contribution < -0.4 is 0 Å². The number of phosphoric ester groups is 1. The Kier molecular flexibility index (Phi) is 43.4. The van der Waals surface area contributed by atoms with Crippen LogP contribution in [0.25, 0.3) is 0 Å². The molecule has 2 atom stereocenters. The van der Waals surface area contributed by atoms with Gasteiger partial charge in [-0.1, -0.05) is 252 Å². The molecule has 0 aliphatic rings. The van der Waals surface area contributed by atoms with E-state index in [0.29, 0.717) is 6.42 Å². The van der Waals surface area contributed by atoms with Gasteiger partial charge >= 0.3 is 19.8 Å². The Morgan fingerprint density at radius 3 is 1.09 bits per heavy atom. The van der Waals surface area contributed by atoms with Crippen molar-refractivity contribution in [1.82, 2.24) is 0 Å². The molecule has 0 rings (SSSR count). The first-order valence-corrected chi connectivity index (χ1v) is 26.8. The van der Waals surface area contributed by atoms with Crippen molar-refractivity contribution in [3.05, 3.63) is 0 Å². The lowest BCUT2D eigenvalue weighted by atomic mass is 9.99. The summed E-state index contributed by atoms with van der Waals surface area (Å²) in [6.07, 6.45) is 48.3. The number of hydrogen-bond acceptors (Lipinski definition) is 6. The molecular formula is C49H97O8P. The number of carbonyl (C=O) groups is 2. The van der Waals surface area contributed by atoms with E-state index in [1.165, 1.54) is 205 Å². The van der Waals surface area contributed by atoms with Crippen molar-refractivity contribution < 1.29 is 37.9 Å². The van der Waals surface area contributed by atoms with Crippen molar-refractivity contribution in [2.24, 2.45) is 5.92 Å². The smallest absolute Gasteiger partial charge is 0.462 e. The van der Waals surface area contributed by atoms with Crippen molar-refractivity contribution in [2.75, 3.05) is 13.2 Å². The summed E-state index contributed by atoms with van der Waals surface area (Å²) in [5.74, 6) is 0.0395. The third-order valence-electron chi connectivity index (χ3n) is 11.9. The quantitative estimate of drug-likeness (QED) is 0.0353. The molecule has 0 aromatic heterocycles. The largest absolute Gasteiger partial charge is 0.469 e. The van der Waals surface area contributed by atoms with Gasteiger partial charge in [0.15, 0.2) is 6.10 Å². The van der Waals surface area contributed by atoms with Crippen LogP contribution in [0.15, 0.2) is 0 Å². The molecule has 0 saturated carbocycles. The van der Waals surface area contributed by atoms with Crippen LogP contribution in [0.5, 0.6) is 0 Å². The van der Waals surface area contributed by atoms with Gasteiger partial charge in [0.05, 0.1) is 6.61 Å². The van der Waals surface area contributed by atoms with Crippen LogP contribution in [0.3, 0.4) is 0 Å². The molecular weight excluding hydrogens is 748 g/mol. The first kappa shape index (κ1) is 57.1. The van der Waals surface area contributed by atoms with Gasteiger partial charge in [-0.2, -0.15) is 0 Å². The Morgan fingerprint density at radius 2 is 0.759 bits per heavy atom. The average Bonchev–Trinajstić information content (AvgIpc) is 3.20. The molecule has 0 saturated heterocycles. The van der Waals surface area contributed by atoms with Crippen LogP contribution in [0.4, 0.5) is 0 Å². The fraction of sp³-hybridized carbons (Fsp3) is 0.959. The van der Waals surface area contributed by atoms with Crippen molar-refractivity contribution in [1.29, 1.82) is 0 Å². The maximum absolute atomic E-state index is 12.5. The topological polar surface area (TPSA) is 119 Å². The van der Waals surface area contributed by atoms with E-state index in [9.17, 15) is 14.2 Å². The van der Waals surface area contributed by atoms with E-state index >= 15 is 0 Å². The molecule has 0 aliphatic carbocycles. The van der Waals surface area contributed by atoms with Crippen LogP contribution in [0, 0.1) is 5.92 Å². The Morgan fingerprint density at radius 1 is 0.448 bits per heavy atom. The van der Waals surface area contributed by atoms with E-state index in [-0.39, 0.29) is 19.4 Å². The third-order valence-corrected chi connectivity index (χ3v) is 12.4. The van der Waals surface area contributed by atoms with E-state index in [1.807, 2.05) is 0 Å². The Balaban J connectivity index is 3.76. The molecule has 0 amide bonds. The van der Waals surface area contributed by atoms with E-state index < -0.39 is 32.5 Å². The molecule has 2 N–H and O–H groups in total. The summed E-state index contributed by atoms with van der Waals surface area (Å²) >= 11 is 0.